The first-order valence-corrected chi connectivity index (χ1v) is 10.7. The van der Waals surface area contributed by atoms with Crippen molar-refractivity contribution in [2.45, 2.75) is 31.4 Å². The number of aliphatic imine (C=N–C) groups is 1. The molecule has 0 N–H and O–H groups in total. The minimum absolute atomic E-state index is 0.234. The molecule has 0 aromatic heterocycles. The summed E-state index contributed by atoms with van der Waals surface area (Å²) >= 11 is 1.47. The molecule has 0 spiro atoms. The van der Waals surface area contributed by atoms with E-state index in [-0.39, 0.29) is 24.3 Å². The van der Waals surface area contributed by atoms with E-state index in [2.05, 4.69) is 4.99 Å². The van der Waals surface area contributed by atoms with Crippen molar-refractivity contribution in [3.05, 3.63) is 71.0 Å². The van der Waals surface area contributed by atoms with E-state index in [0.29, 0.717) is 10.9 Å². The first-order chi connectivity index (χ1) is 14.3. The molecule has 0 aliphatic carbocycles. The minimum atomic E-state index is -0.547. The second-order valence-electron chi connectivity index (χ2n) is 7.60. The molecule has 30 heavy (non-hydrogen) atoms. The summed E-state index contributed by atoms with van der Waals surface area (Å²) in [4.78, 5) is 35.4. The maximum atomic E-state index is 13.2. The van der Waals surface area contributed by atoms with Crippen LogP contribution in [0.15, 0.2) is 53.5 Å². The molecule has 156 valence electrons. The summed E-state index contributed by atoms with van der Waals surface area (Å²) in [5, 5.41) is 0.694. The van der Waals surface area contributed by atoms with Crippen molar-refractivity contribution in [3.63, 3.8) is 0 Å². The van der Waals surface area contributed by atoms with Crippen molar-refractivity contribution in [2.75, 3.05) is 14.1 Å². The van der Waals surface area contributed by atoms with E-state index in [1.54, 1.807) is 19.2 Å². The maximum Gasteiger partial charge on any atom is 0.328 e. The SMILES string of the molecule is Cc1ccc(CN2C(=O)C3C(N=C(SCc4ccc(F)cc4)N3C)N(C)C2=O)cc1. The molecule has 1 saturated heterocycles. The van der Waals surface area contributed by atoms with Gasteiger partial charge in [0.2, 0.25) is 0 Å². The number of likely N-dealkylation sites (N-methyl/N-ethyl adjacent to an activating group) is 2. The maximum absolute atomic E-state index is 13.2. The lowest BCUT2D eigenvalue weighted by molar-refractivity contribution is -0.137. The van der Waals surface area contributed by atoms with Gasteiger partial charge in [-0.2, -0.15) is 0 Å². The highest BCUT2D eigenvalue weighted by atomic mass is 32.2. The third kappa shape index (κ3) is 3.79. The summed E-state index contributed by atoms with van der Waals surface area (Å²) in [5.41, 5.74) is 2.99. The van der Waals surface area contributed by atoms with E-state index in [4.69, 9.17) is 0 Å². The minimum Gasteiger partial charge on any atom is -0.339 e. The zero-order chi connectivity index (χ0) is 21.4. The molecule has 2 heterocycles. The summed E-state index contributed by atoms with van der Waals surface area (Å²) in [7, 11) is 3.51. The van der Waals surface area contributed by atoms with E-state index in [1.165, 1.54) is 33.7 Å². The summed E-state index contributed by atoms with van der Waals surface area (Å²) in [5.74, 6) is 0.0822. The van der Waals surface area contributed by atoms with Gasteiger partial charge in [-0.05, 0) is 30.2 Å². The Balaban J connectivity index is 1.49. The Morgan fingerprint density at radius 2 is 1.60 bits per heavy atom. The fourth-order valence-electron chi connectivity index (χ4n) is 3.63. The van der Waals surface area contributed by atoms with Crippen LogP contribution in [0.4, 0.5) is 9.18 Å². The van der Waals surface area contributed by atoms with Crippen LogP contribution < -0.4 is 0 Å². The second kappa shape index (κ2) is 8.10. The van der Waals surface area contributed by atoms with Crippen LogP contribution in [-0.4, -0.2) is 58.1 Å². The fourth-order valence-corrected chi connectivity index (χ4v) is 4.62. The number of thioether (sulfide) groups is 1. The van der Waals surface area contributed by atoms with Gasteiger partial charge in [0, 0.05) is 19.8 Å². The number of urea groups is 1. The first kappa shape index (κ1) is 20.4. The van der Waals surface area contributed by atoms with Crippen molar-refractivity contribution in [1.82, 2.24) is 14.7 Å². The Labute approximate surface area is 179 Å². The van der Waals surface area contributed by atoms with Gasteiger partial charge in [0.05, 0.1) is 6.54 Å². The van der Waals surface area contributed by atoms with Crippen LogP contribution in [0, 0.1) is 12.7 Å². The van der Waals surface area contributed by atoms with Gasteiger partial charge >= 0.3 is 6.03 Å². The van der Waals surface area contributed by atoms with Gasteiger partial charge in [-0.1, -0.05) is 53.7 Å². The molecular formula is C22H23FN4O2S. The molecule has 1 fully saturated rings. The van der Waals surface area contributed by atoms with Gasteiger partial charge in [-0.15, -0.1) is 0 Å². The predicted molar refractivity (Wildman–Crippen MR) is 115 cm³/mol. The van der Waals surface area contributed by atoms with Crippen molar-refractivity contribution in [3.8, 4) is 0 Å². The number of amidine groups is 1. The van der Waals surface area contributed by atoms with E-state index >= 15 is 0 Å². The first-order valence-electron chi connectivity index (χ1n) is 9.67. The number of fused-ring (bicyclic) bond motifs is 1. The number of amides is 3. The number of aryl methyl sites for hydroxylation is 1. The number of hydrogen-bond acceptors (Lipinski definition) is 5. The van der Waals surface area contributed by atoms with E-state index in [9.17, 15) is 14.0 Å². The van der Waals surface area contributed by atoms with Crippen molar-refractivity contribution < 1.29 is 14.0 Å². The lowest BCUT2D eigenvalue weighted by atomic mass is 10.1. The molecule has 2 aliphatic rings. The molecule has 4 rings (SSSR count). The number of nitrogens with zero attached hydrogens (tertiary/aromatic N) is 4. The lowest BCUT2D eigenvalue weighted by Gasteiger charge is -2.40. The molecule has 3 amide bonds. The zero-order valence-electron chi connectivity index (χ0n) is 17.1. The highest BCUT2D eigenvalue weighted by molar-refractivity contribution is 8.13. The Morgan fingerprint density at radius 1 is 0.967 bits per heavy atom. The molecule has 0 saturated carbocycles. The van der Waals surface area contributed by atoms with Crippen LogP contribution in [0.3, 0.4) is 0 Å². The Bertz CT molecular complexity index is 993. The third-order valence-electron chi connectivity index (χ3n) is 5.44. The summed E-state index contributed by atoms with van der Waals surface area (Å²) in [6.45, 7) is 2.23. The van der Waals surface area contributed by atoms with Crippen LogP contribution >= 0.6 is 11.8 Å². The summed E-state index contributed by atoms with van der Waals surface area (Å²) in [6.07, 6.45) is -0.542. The van der Waals surface area contributed by atoms with Crippen LogP contribution in [-0.2, 0) is 17.1 Å². The number of rotatable bonds is 4. The van der Waals surface area contributed by atoms with E-state index in [0.717, 1.165) is 16.7 Å². The molecule has 2 aliphatic heterocycles. The molecule has 2 unspecified atom stereocenters. The second-order valence-corrected chi connectivity index (χ2v) is 8.54. The molecule has 8 heteroatoms. The Hall–Kier alpha value is -2.87. The normalized spacial score (nSPS) is 21.2. The van der Waals surface area contributed by atoms with Crippen LogP contribution in [0.2, 0.25) is 0 Å². The number of imide groups is 1. The monoisotopic (exact) mass is 426 g/mol. The number of halogens is 1. The molecular weight excluding hydrogens is 403 g/mol. The summed E-state index contributed by atoms with van der Waals surface area (Å²) in [6, 6.07) is 13.2. The molecule has 2 aromatic rings. The molecule has 2 atom stereocenters. The van der Waals surface area contributed by atoms with E-state index in [1.807, 2.05) is 43.1 Å². The lowest BCUT2D eigenvalue weighted by Crippen LogP contribution is -2.64. The Morgan fingerprint density at radius 3 is 2.27 bits per heavy atom. The molecule has 0 radical (unpaired) electrons. The van der Waals surface area contributed by atoms with Gasteiger partial charge in [0.25, 0.3) is 5.91 Å². The number of carbonyl (C=O) groups excluding carboxylic acids is 2. The van der Waals surface area contributed by atoms with E-state index < -0.39 is 12.2 Å². The van der Waals surface area contributed by atoms with Gasteiger partial charge in [0.15, 0.2) is 17.4 Å². The predicted octanol–water partition coefficient (Wildman–Crippen LogP) is 3.46. The van der Waals surface area contributed by atoms with Crippen LogP contribution in [0.25, 0.3) is 0 Å². The summed E-state index contributed by atoms with van der Waals surface area (Å²) < 4.78 is 13.1. The fraction of sp³-hybridized carbons (Fsp3) is 0.318. The number of hydrogen-bond donors (Lipinski definition) is 0. The van der Waals surface area contributed by atoms with Crippen molar-refractivity contribution >= 4 is 28.9 Å². The topological polar surface area (TPSA) is 56.2 Å². The third-order valence-corrected chi connectivity index (χ3v) is 6.56. The van der Waals surface area contributed by atoms with Crippen molar-refractivity contribution in [2.24, 2.45) is 4.99 Å². The average Bonchev–Trinajstić information content (AvgIpc) is 3.07. The Kier molecular flexibility index (Phi) is 5.51. The smallest absolute Gasteiger partial charge is 0.328 e. The van der Waals surface area contributed by atoms with Gasteiger partial charge in [-0.25, -0.2) is 14.2 Å². The zero-order valence-corrected chi connectivity index (χ0v) is 17.9. The highest BCUT2D eigenvalue weighted by Crippen LogP contribution is 2.31. The van der Waals surface area contributed by atoms with Gasteiger partial charge in [0.1, 0.15) is 5.82 Å². The number of carbonyl (C=O) groups is 2. The van der Waals surface area contributed by atoms with Crippen LogP contribution in [0.1, 0.15) is 16.7 Å². The average molecular weight is 427 g/mol. The number of benzene rings is 2. The van der Waals surface area contributed by atoms with Crippen LogP contribution in [0.5, 0.6) is 0 Å². The molecule has 2 aromatic carbocycles. The van der Waals surface area contributed by atoms with Crippen molar-refractivity contribution in [1.29, 1.82) is 0 Å². The van der Waals surface area contributed by atoms with Gasteiger partial charge in [-0.3, -0.25) is 9.69 Å². The highest BCUT2D eigenvalue weighted by Gasteiger charge is 2.50. The largest absolute Gasteiger partial charge is 0.339 e. The standard InChI is InChI=1S/C22H23FN4O2S/c1-14-4-6-15(7-5-14)12-27-20(28)18-19(26(3)22(27)29)24-21(25(18)2)30-13-16-8-10-17(23)11-9-16/h4-11,18-19H,12-13H2,1-3H3. The molecule has 0 bridgehead atoms. The molecule has 6 nitrogen and oxygen atoms in total. The van der Waals surface area contributed by atoms with Gasteiger partial charge < -0.3 is 9.80 Å². The quantitative estimate of drug-likeness (QED) is 0.751.